The number of carbonyl (C=O) groups excluding carboxylic acids is 5. The van der Waals surface area contributed by atoms with Gasteiger partial charge in [0.2, 0.25) is 17.7 Å². The first-order valence-electron chi connectivity index (χ1n) is 29.9. The second-order valence-electron chi connectivity index (χ2n) is 22.5. The summed E-state index contributed by atoms with van der Waals surface area (Å²) in [5.41, 5.74) is 4.21. The molecule has 0 bridgehead atoms. The third kappa shape index (κ3) is 15.9. The van der Waals surface area contributed by atoms with Crippen molar-refractivity contribution in [1.29, 1.82) is 0 Å². The van der Waals surface area contributed by atoms with E-state index in [1.54, 1.807) is 30.3 Å². The highest BCUT2D eigenvalue weighted by Gasteiger charge is 2.41. The van der Waals surface area contributed by atoms with Crippen LogP contribution in [0.4, 0.5) is 24.2 Å². The summed E-state index contributed by atoms with van der Waals surface area (Å²) in [5, 5.41) is 19.2. The molecule has 0 saturated carbocycles. The predicted molar refractivity (Wildman–Crippen MR) is 373 cm³/mol. The van der Waals surface area contributed by atoms with Crippen LogP contribution in [-0.2, 0) is 69.8 Å². The zero-order chi connectivity index (χ0) is 72.4. The fraction of sp³-hybridized carbons (Fsp3) is 0.164. The smallest absolute Gasteiger partial charge is 0.350 e. The zero-order valence-corrected chi connectivity index (χ0v) is 59.3. The quantitative estimate of drug-likeness (QED) is 0.0458. The van der Waals surface area contributed by atoms with Crippen molar-refractivity contribution in [3.8, 4) is 23.0 Å². The second kappa shape index (κ2) is 29.4. The van der Waals surface area contributed by atoms with Crippen LogP contribution in [0.2, 0.25) is 0 Å². The molecule has 34 heteroatoms. The number of nitrogens with one attached hydrogen (secondary N) is 3. The number of benzene rings is 6. The Kier molecular flexibility index (Phi) is 20.9. The molecule has 0 saturated heterocycles. The van der Waals surface area contributed by atoms with Gasteiger partial charge in [0.1, 0.15) is 28.8 Å². The Bertz CT molecular complexity index is 5420. The molecule has 2 aliphatic rings. The molecule has 4 N–H and O–H groups in total. The average molecular weight is 1510 g/mol. The Morgan fingerprint density at radius 3 is 1.32 bits per heavy atom. The van der Waals surface area contributed by atoms with Crippen molar-refractivity contribution in [2.24, 2.45) is 0 Å². The number of thiazole rings is 3. The number of pyridine rings is 2. The van der Waals surface area contributed by atoms with Crippen LogP contribution in [0.1, 0.15) is 98.1 Å². The molecule has 0 radical (unpaired) electrons. The summed E-state index contributed by atoms with van der Waals surface area (Å²) in [4.78, 5) is 85.1. The lowest BCUT2D eigenvalue weighted by Crippen LogP contribution is -2.23. The molecule has 25 nitrogen and oxygen atoms in total. The van der Waals surface area contributed by atoms with Crippen molar-refractivity contribution < 1.29 is 76.2 Å². The minimum atomic E-state index is -4.53. The van der Waals surface area contributed by atoms with Gasteiger partial charge in [-0.05, 0) is 91.6 Å². The van der Waals surface area contributed by atoms with Crippen LogP contribution < -0.4 is 29.1 Å². The van der Waals surface area contributed by atoms with Crippen molar-refractivity contribution in [2.45, 2.75) is 86.5 Å². The van der Waals surface area contributed by atoms with Gasteiger partial charge >= 0.3 is 20.2 Å². The Balaban J connectivity index is 0.000000176. The minimum absolute atomic E-state index is 0.00314. The lowest BCUT2D eigenvalue weighted by Gasteiger charge is -2.23. The highest BCUT2D eigenvalue weighted by Crippen LogP contribution is 2.49. The number of phenolic OH excluding ortho intramolecular Hbond substituents is 1. The molecular formula is C67H55ClF2N10O15S6. The number of aromatic hydroxyl groups is 1. The molecule has 0 atom stereocenters. The Morgan fingerprint density at radius 1 is 0.535 bits per heavy atom. The monoisotopic (exact) mass is 1500 g/mol. The third-order valence-electron chi connectivity index (χ3n) is 15.0. The van der Waals surface area contributed by atoms with Crippen LogP contribution >= 0.6 is 44.7 Å². The van der Waals surface area contributed by atoms with Crippen molar-refractivity contribution in [1.82, 2.24) is 34.7 Å². The first-order valence-corrected chi connectivity index (χ1v) is 37.5. The maximum Gasteiger partial charge on any atom is 0.350 e. The molecule has 520 valence electrons. The van der Waals surface area contributed by atoms with E-state index in [4.69, 9.17) is 23.8 Å². The van der Waals surface area contributed by atoms with Crippen molar-refractivity contribution in [3.63, 3.8) is 0 Å². The highest BCUT2D eigenvalue weighted by atomic mass is 35.7. The third-order valence-corrected chi connectivity index (χ3v) is 24.0. The van der Waals surface area contributed by atoms with Crippen molar-refractivity contribution in [2.75, 3.05) is 16.0 Å². The average Bonchev–Trinajstić information content (AvgIpc) is 1.65. The van der Waals surface area contributed by atoms with Gasteiger partial charge in [0.15, 0.2) is 51.0 Å². The molecule has 5 aromatic heterocycles. The van der Waals surface area contributed by atoms with Crippen LogP contribution in [0.25, 0.3) is 21.8 Å². The van der Waals surface area contributed by atoms with Gasteiger partial charge in [0.05, 0.1) is 41.3 Å². The van der Waals surface area contributed by atoms with Gasteiger partial charge in [-0.1, -0.05) is 119 Å². The van der Waals surface area contributed by atoms with E-state index < -0.39 is 70.7 Å². The van der Waals surface area contributed by atoms with Gasteiger partial charge in [0.25, 0.3) is 20.9 Å². The number of aryl methyl sites for hydroxylation is 3. The SMILES string of the molecule is CC(=O)Nc1nc(C)c(S(=O)(=O)Cl)s1.CC(=O)Nc1nc(C)c(S(=O)(=O)Oc2c3c(c(O)c4ncccc24)C(=O)N(Cc2ccc(F)cc2)C3)s1.CC(=O)Nc1nc(C)c(S(=O)(=O)Oc2c3c(c(OC(c4ccccc4)c4ccccc4)c4ncccc24)C(=O)N(Cc2ccc(F)cc2)C3)s1. The lowest BCUT2D eigenvalue weighted by molar-refractivity contribution is -0.115. The molecule has 101 heavy (non-hydrogen) atoms. The number of fused-ring (bicyclic) bond motifs is 4. The van der Waals surface area contributed by atoms with Gasteiger partial charge in [-0.3, -0.25) is 33.9 Å². The molecule has 6 aromatic carbocycles. The van der Waals surface area contributed by atoms with E-state index in [9.17, 15) is 63.1 Å². The summed E-state index contributed by atoms with van der Waals surface area (Å²) in [7, 11) is -7.62. The van der Waals surface area contributed by atoms with Gasteiger partial charge in [0, 0.05) is 78.8 Å². The van der Waals surface area contributed by atoms with E-state index in [0.717, 1.165) is 45.1 Å². The number of aromatic nitrogens is 5. The number of halogens is 3. The number of phenols is 1. The van der Waals surface area contributed by atoms with E-state index in [0.29, 0.717) is 22.1 Å². The van der Waals surface area contributed by atoms with Crippen LogP contribution in [0.3, 0.4) is 0 Å². The van der Waals surface area contributed by atoms with Gasteiger partial charge in [-0.2, -0.15) is 16.8 Å². The molecule has 11 aromatic rings. The van der Waals surface area contributed by atoms with E-state index in [1.807, 2.05) is 60.7 Å². The fourth-order valence-electron chi connectivity index (χ4n) is 10.8. The Labute approximate surface area is 592 Å². The van der Waals surface area contributed by atoms with Gasteiger partial charge in [-0.25, -0.2) is 32.2 Å². The summed E-state index contributed by atoms with van der Waals surface area (Å²) in [5.74, 6) is -3.36. The number of anilines is 3. The molecular weight excluding hydrogens is 1450 g/mol. The lowest BCUT2D eigenvalue weighted by atomic mass is 9.99. The number of rotatable bonds is 18. The molecule has 0 fully saturated rings. The number of hydrogen-bond donors (Lipinski definition) is 4. The molecule has 5 amide bonds. The highest BCUT2D eigenvalue weighted by molar-refractivity contribution is 8.15. The molecule has 0 aliphatic carbocycles. The molecule has 13 rings (SSSR count). The van der Waals surface area contributed by atoms with E-state index in [2.05, 4.69) is 40.9 Å². The van der Waals surface area contributed by atoms with Crippen molar-refractivity contribution in [3.05, 3.63) is 219 Å². The maximum absolute atomic E-state index is 14.4. The topological polar surface area (TPSA) is 343 Å². The number of amides is 5. The minimum Gasteiger partial charge on any atom is -0.505 e. The molecule has 7 heterocycles. The number of nitrogens with zero attached hydrogens (tertiary/aromatic N) is 7. The Morgan fingerprint density at radius 2 is 0.911 bits per heavy atom. The summed E-state index contributed by atoms with van der Waals surface area (Å²) >= 11 is 2.32. The number of carbonyl (C=O) groups is 5. The normalized spacial score (nSPS) is 12.7. The van der Waals surface area contributed by atoms with Crippen LogP contribution in [0, 0.1) is 32.4 Å². The summed E-state index contributed by atoms with van der Waals surface area (Å²) in [6.07, 6.45) is 2.27. The standard InChI is InChI=1S/C37H29FN4O6S2.C24H19FN4O6S2.C6H7ClN2O3S2/c1-22-36(49-37(40-22)41-23(2)43)50(45,46)48-33-28-14-9-19-39-31(28)34(47-32(25-10-5-3-6-11-25)26-12-7-4-8-13-26)30-29(33)21-42(35(30)44)20-24-15-17-27(38)18-16-24;1-12-23(36-24(27-12)28-13(2)30)37(33,34)35-21-16-4-3-9-26-19(16)20(31)18-17(21)11-29(22(18)32)10-14-5-7-15(25)8-6-14;1-3-5(14(7,11)12)13-6(8-3)9-4(2)10/h3-19,32H,20-21H2,1-2H3,(H,40,41,43);3-9,31H,10-11H2,1-2H3,(H,27,28,30);1-2H3,(H,8,9,10). The predicted octanol–water partition coefficient (Wildman–Crippen LogP) is 12.3. The first-order chi connectivity index (χ1) is 47.9. The Hall–Kier alpha value is -10.4. The maximum atomic E-state index is 14.4. The van der Waals surface area contributed by atoms with Crippen LogP contribution in [0.5, 0.6) is 23.0 Å². The largest absolute Gasteiger partial charge is 0.505 e. The van der Waals surface area contributed by atoms with Gasteiger partial charge in [-0.15, -0.1) is 0 Å². The molecule has 0 unspecified atom stereocenters. The van der Waals surface area contributed by atoms with Crippen LogP contribution in [-0.4, -0.2) is 94.6 Å². The van der Waals surface area contributed by atoms with E-state index in [-0.39, 0.29) is 133 Å². The number of hydrogen-bond acceptors (Lipinski definition) is 23. The zero-order valence-electron chi connectivity index (χ0n) is 53.6. The summed E-state index contributed by atoms with van der Waals surface area (Å²) < 4.78 is 122. The van der Waals surface area contributed by atoms with E-state index >= 15 is 0 Å². The fourth-order valence-corrected chi connectivity index (χ4v) is 18.0. The number of ether oxygens (including phenoxy) is 1. The molecule has 0 spiro atoms. The van der Waals surface area contributed by atoms with Gasteiger partial charge < -0.3 is 44.0 Å². The van der Waals surface area contributed by atoms with E-state index in [1.165, 1.54) is 106 Å². The second-order valence-corrected chi connectivity index (χ2v) is 31.7. The molecule has 2 aliphatic heterocycles. The van der Waals surface area contributed by atoms with Crippen molar-refractivity contribution >= 4 is 141 Å². The van der Waals surface area contributed by atoms with Crippen LogP contribution in [0.15, 0.2) is 158 Å². The summed E-state index contributed by atoms with van der Waals surface area (Å²) in [6.45, 7) is 8.47. The summed E-state index contributed by atoms with van der Waals surface area (Å²) in [6, 6.07) is 36.9. The first kappa shape index (κ1) is 71.9.